The predicted molar refractivity (Wildman–Crippen MR) is 62.6 cm³/mol. The maximum absolute atomic E-state index is 5.14. The molecule has 0 fully saturated rings. The summed E-state index contributed by atoms with van der Waals surface area (Å²) in [5.41, 5.74) is 2.24. The number of hydrogen-bond donors (Lipinski definition) is 0. The summed E-state index contributed by atoms with van der Waals surface area (Å²) in [5, 5.41) is 4.23. The van der Waals surface area contributed by atoms with E-state index < -0.39 is 0 Å². The van der Waals surface area contributed by atoms with E-state index in [1.807, 2.05) is 12.1 Å². The zero-order chi connectivity index (χ0) is 10.8. The van der Waals surface area contributed by atoms with E-state index in [1.54, 1.807) is 18.0 Å². The Morgan fingerprint density at radius 2 is 1.93 bits per heavy atom. The Hall–Kier alpha value is -1.29. The summed E-state index contributed by atoms with van der Waals surface area (Å²) in [6, 6.07) is 8.14. The first kappa shape index (κ1) is 10.2. The highest BCUT2D eigenvalue weighted by Gasteiger charge is 2.08. The van der Waals surface area contributed by atoms with Crippen molar-refractivity contribution in [2.75, 3.05) is 7.11 Å². The Labute approximate surface area is 96.8 Å². The van der Waals surface area contributed by atoms with E-state index in [9.17, 15) is 0 Å². The smallest absolute Gasteiger partial charge is 0.171 e. The molecule has 0 aliphatic rings. The molecule has 0 radical (unpaired) electrons. The van der Waals surface area contributed by atoms with Crippen molar-refractivity contribution < 1.29 is 4.74 Å². The van der Waals surface area contributed by atoms with Crippen LogP contribution >= 0.6 is 15.9 Å². The number of halogens is 1. The molecule has 78 valence electrons. The second kappa shape index (κ2) is 4.06. The van der Waals surface area contributed by atoms with Crippen molar-refractivity contribution >= 4 is 15.9 Å². The van der Waals surface area contributed by atoms with E-state index in [4.69, 9.17) is 4.74 Å². The van der Waals surface area contributed by atoms with Gasteiger partial charge in [-0.15, -0.1) is 0 Å². The Balaban J connectivity index is 2.45. The maximum atomic E-state index is 5.14. The van der Waals surface area contributed by atoms with Crippen LogP contribution in [-0.4, -0.2) is 16.9 Å². The lowest BCUT2D eigenvalue weighted by Crippen LogP contribution is -1.96. The molecule has 1 heterocycles. The molecule has 1 aromatic heterocycles. The molecule has 0 unspecified atom stereocenters. The number of hydrogen-bond acceptors (Lipinski definition) is 2. The highest BCUT2D eigenvalue weighted by molar-refractivity contribution is 9.10. The van der Waals surface area contributed by atoms with Gasteiger partial charge in [0.1, 0.15) is 0 Å². The first-order chi connectivity index (χ1) is 7.22. The molecule has 0 saturated carbocycles. The van der Waals surface area contributed by atoms with Crippen LogP contribution in [-0.2, 0) is 0 Å². The number of ether oxygens (including phenoxy) is 1. The van der Waals surface area contributed by atoms with E-state index in [1.165, 1.54) is 5.56 Å². The Kier molecular flexibility index (Phi) is 2.77. The van der Waals surface area contributed by atoms with Gasteiger partial charge in [-0.25, -0.2) is 4.68 Å². The van der Waals surface area contributed by atoms with Gasteiger partial charge in [0, 0.05) is 0 Å². The van der Waals surface area contributed by atoms with Crippen LogP contribution in [0.4, 0.5) is 0 Å². The van der Waals surface area contributed by atoms with E-state index in [-0.39, 0.29) is 0 Å². The van der Waals surface area contributed by atoms with Gasteiger partial charge in [0.2, 0.25) is 0 Å². The summed E-state index contributed by atoms with van der Waals surface area (Å²) < 4.78 is 7.76. The van der Waals surface area contributed by atoms with Crippen molar-refractivity contribution in [1.82, 2.24) is 9.78 Å². The fourth-order valence-corrected chi connectivity index (χ4v) is 1.88. The van der Waals surface area contributed by atoms with Crippen LogP contribution < -0.4 is 4.74 Å². The average molecular weight is 267 g/mol. The van der Waals surface area contributed by atoms with Crippen LogP contribution in [0.2, 0.25) is 0 Å². The second-order valence-corrected chi connectivity index (χ2v) is 4.00. The van der Waals surface area contributed by atoms with Crippen LogP contribution in [0.1, 0.15) is 5.56 Å². The molecule has 3 nitrogen and oxygen atoms in total. The van der Waals surface area contributed by atoms with Gasteiger partial charge < -0.3 is 4.74 Å². The molecule has 0 aliphatic carbocycles. The molecule has 15 heavy (non-hydrogen) atoms. The zero-order valence-corrected chi connectivity index (χ0v) is 10.2. The van der Waals surface area contributed by atoms with Crippen molar-refractivity contribution in [2.24, 2.45) is 0 Å². The van der Waals surface area contributed by atoms with Crippen molar-refractivity contribution in [1.29, 1.82) is 0 Å². The monoisotopic (exact) mass is 266 g/mol. The van der Waals surface area contributed by atoms with E-state index >= 15 is 0 Å². The Bertz CT molecular complexity index is 462. The second-order valence-electron chi connectivity index (χ2n) is 3.25. The van der Waals surface area contributed by atoms with Gasteiger partial charge in [-0.1, -0.05) is 17.7 Å². The molecule has 0 saturated heterocycles. The third-order valence-electron chi connectivity index (χ3n) is 2.18. The Morgan fingerprint density at radius 1 is 1.27 bits per heavy atom. The molecular formula is C11H11BrN2O. The molecule has 2 aromatic rings. The van der Waals surface area contributed by atoms with Gasteiger partial charge in [-0.2, -0.15) is 5.10 Å². The predicted octanol–water partition coefficient (Wildman–Crippen LogP) is 2.95. The topological polar surface area (TPSA) is 27.1 Å². The summed E-state index contributed by atoms with van der Waals surface area (Å²) in [4.78, 5) is 0. The molecular weight excluding hydrogens is 256 g/mol. The number of benzene rings is 1. The normalized spacial score (nSPS) is 10.3. The third kappa shape index (κ3) is 1.90. The quantitative estimate of drug-likeness (QED) is 0.836. The van der Waals surface area contributed by atoms with Crippen molar-refractivity contribution in [3.8, 4) is 11.4 Å². The molecule has 4 heteroatoms. The summed E-state index contributed by atoms with van der Waals surface area (Å²) >= 11 is 3.44. The van der Waals surface area contributed by atoms with Gasteiger partial charge >= 0.3 is 0 Å². The van der Waals surface area contributed by atoms with Gasteiger partial charge in [0.05, 0.1) is 19.0 Å². The first-order valence-electron chi connectivity index (χ1n) is 4.57. The van der Waals surface area contributed by atoms with Crippen LogP contribution in [0.3, 0.4) is 0 Å². The molecule has 0 atom stereocenters. The van der Waals surface area contributed by atoms with Crippen molar-refractivity contribution in [2.45, 2.75) is 6.92 Å². The summed E-state index contributed by atoms with van der Waals surface area (Å²) in [7, 11) is 1.63. The van der Waals surface area contributed by atoms with Crippen LogP contribution in [0.15, 0.2) is 35.1 Å². The van der Waals surface area contributed by atoms with Gasteiger partial charge in [0.15, 0.2) is 10.4 Å². The largest absolute Gasteiger partial charge is 0.492 e. The standard InChI is InChI=1S/C11H11BrN2O/c1-8-3-5-9(6-4-8)14-11(12)10(15-2)7-13-14/h3-7H,1-2H3. The number of methoxy groups -OCH3 is 1. The Morgan fingerprint density at radius 3 is 2.47 bits per heavy atom. The lowest BCUT2D eigenvalue weighted by Gasteiger charge is -2.03. The average Bonchev–Trinajstić information content (AvgIpc) is 2.61. The van der Waals surface area contributed by atoms with Crippen LogP contribution in [0, 0.1) is 6.92 Å². The van der Waals surface area contributed by atoms with Gasteiger partial charge in [-0.3, -0.25) is 0 Å². The maximum Gasteiger partial charge on any atom is 0.171 e. The fourth-order valence-electron chi connectivity index (χ4n) is 1.32. The molecule has 1 aromatic carbocycles. The third-order valence-corrected chi connectivity index (χ3v) is 2.90. The lowest BCUT2D eigenvalue weighted by molar-refractivity contribution is 0.412. The number of aromatic nitrogens is 2. The molecule has 2 rings (SSSR count). The summed E-state index contributed by atoms with van der Waals surface area (Å²) in [5.74, 6) is 0.732. The summed E-state index contributed by atoms with van der Waals surface area (Å²) in [6.07, 6.45) is 1.68. The SMILES string of the molecule is COc1cnn(-c2ccc(C)cc2)c1Br. The first-order valence-corrected chi connectivity index (χ1v) is 5.36. The van der Waals surface area contributed by atoms with Gasteiger partial charge in [0.25, 0.3) is 0 Å². The van der Waals surface area contributed by atoms with E-state index in [0.29, 0.717) is 0 Å². The highest BCUT2D eigenvalue weighted by atomic mass is 79.9. The lowest BCUT2D eigenvalue weighted by atomic mass is 10.2. The minimum absolute atomic E-state index is 0.732. The summed E-state index contributed by atoms with van der Waals surface area (Å²) in [6.45, 7) is 2.06. The van der Waals surface area contributed by atoms with Gasteiger partial charge in [-0.05, 0) is 35.0 Å². The van der Waals surface area contributed by atoms with Crippen LogP contribution in [0.25, 0.3) is 5.69 Å². The van der Waals surface area contributed by atoms with Crippen LogP contribution in [0.5, 0.6) is 5.75 Å². The van der Waals surface area contributed by atoms with Crippen molar-refractivity contribution in [3.63, 3.8) is 0 Å². The van der Waals surface area contributed by atoms with E-state index in [0.717, 1.165) is 16.0 Å². The number of aryl methyl sites for hydroxylation is 1. The zero-order valence-electron chi connectivity index (χ0n) is 8.57. The molecule has 0 aliphatic heterocycles. The number of nitrogens with zero attached hydrogens (tertiary/aromatic N) is 2. The van der Waals surface area contributed by atoms with Crippen molar-refractivity contribution in [3.05, 3.63) is 40.6 Å². The molecule has 0 spiro atoms. The highest BCUT2D eigenvalue weighted by Crippen LogP contribution is 2.26. The van der Waals surface area contributed by atoms with E-state index in [2.05, 4.69) is 40.1 Å². The minimum Gasteiger partial charge on any atom is -0.492 e. The number of rotatable bonds is 2. The minimum atomic E-state index is 0.732. The molecule has 0 bridgehead atoms. The molecule has 0 N–H and O–H groups in total. The fraction of sp³-hybridized carbons (Fsp3) is 0.182. The molecule has 0 amide bonds.